The molecular weight excluding hydrogens is 276 g/mol. The van der Waals surface area contributed by atoms with Crippen LogP contribution in [0.4, 0.5) is 0 Å². The molecule has 0 rings (SSSR count). The lowest BCUT2D eigenvalue weighted by atomic mass is 9.85. The van der Waals surface area contributed by atoms with Gasteiger partial charge in [-0.3, -0.25) is 9.59 Å². The highest BCUT2D eigenvalue weighted by atomic mass is 16.1. The van der Waals surface area contributed by atoms with E-state index in [0.717, 1.165) is 19.3 Å². The van der Waals surface area contributed by atoms with Crippen LogP contribution in [0.3, 0.4) is 0 Å². The van der Waals surface area contributed by atoms with Gasteiger partial charge in [0.1, 0.15) is 0 Å². The van der Waals surface area contributed by atoms with E-state index < -0.39 is 0 Å². The third-order valence-corrected chi connectivity index (χ3v) is 4.75. The fourth-order valence-corrected chi connectivity index (χ4v) is 2.64. The van der Waals surface area contributed by atoms with Crippen molar-refractivity contribution < 1.29 is 9.59 Å². The molecule has 0 spiro atoms. The summed E-state index contributed by atoms with van der Waals surface area (Å²) in [6.45, 7) is 11.9. The highest BCUT2D eigenvalue weighted by Gasteiger charge is 2.25. The van der Waals surface area contributed by atoms with Gasteiger partial charge in [0.05, 0.1) is 12.1 Å². The molecule has 0 aromatic rings. The first-order valence-corrected chi connectivity index (χ1v) is 8.70. The van der Waals surface area contributed by atoms with Gasteiger partial charge in [-0.2, -0.15) is 0 Å². The number of carbonyl (C=O) groups excluding carboxylic acids is 2. The largest absolute Gasteiger partial charge is 0.321 e. The number of Topliss-reactive ketones (excluding diaryl/α,β-unsaturated/α-hetero) is 2. The molecule has 0 bridgehead atoms. The van der Waals surface area contributed by atoms with E-state index in [0.29, 0.717) is 12.3 Å². The second kappa shape index (κ2) is 10.1. The summed E-state index contributed by atoms with van der Waals surface area (Å²) in [5, 5.41) is 0. The molecule has 4 heteroatoms. The topological polar surface area (TPSA) is 86.2 Å². The Balaban J connectivity index is 4.26. The molecule has 4 nitrogen and oxygen atoms in total. The van der Waals surface area contributed by atoms with Crippen LogP contribution < -0.4 is 11.5 Å². The van der Waals surface area contributed by atoms with E-state index in [1.54, 1.807) is 0 Å². The van der Waals surface area contributed by atoms with Gasteiger partial charge in [0.15, 0.2) is 11.6 Å². The molecule has 0 fully saturated rings. The van der Waals surface area contributed by atoms with Crippen LogP contribution in [-0.4, -0.2) is 23.7 Å². The molecule has 0 heterocycles. The van der Waals surface area contributed by atoms with Crippen LogP contribution in [-0.2, 0) is 9.59 Å². The van der Waals surface area contributed by atoms with Crippen LogP contribution in [0, 0.1) is 23.7 Å². The summed E-state index contributed by atoms with van der Waals surface area (Å²) < 4.78 is 0. The number of nitrogens with two attached hydrogens (primary N) is 2. The molecule has 0 radical (unpaired) electrons. The van der Waals surface area contributed by atoms with Gasteiger partial charge in [-0.1, -0.05) is 48.0 Å². The minimum absolute atomic E-state index is 0.0174. The van der Waals surface area contributed by atoms with E-state index in [1.165, 1.54) is 0 Å². The molecule has 0 amide bonds. The summed E-state index contributed by atoms with van der Waals surface area (Å²) in [6, 6.07) is -0.747. The predicted octanol–water partition coefficient (Wildman–Crippen LogP) is 2.92. The van der Waals surface area contributed by atoms with E-state index in [-0.39, 0.29) is 41.4 Å². The van der Waals surface area contributed by atoms with Crippen molar-refractivity contribution in [3.8, 4) is 0 Å². The van der Waals surface area contributed by atoms with Gasteiger partial charge in [0.25, 0.3) is 0 Å². The van der Waals surface area contributed by atoms with Crippen LogP contribution in [0.1, 0.15) is 67.2 Å². The zero-order chi connectivity index (χ0) is 17.4. The summed E-state index contributed by atoms with van der Waals surface area (Å²) in [5.41, 5.74) is 12.0. The molecule has 22 heavy (non-hydrogen) atoms. The third kappa shape index (κ3) is 7.01. The zero-order valence-electron chi connectivity index (χ0n) is 15.3. The molecule has 0 aliphatic heterocycles. The molecule has 0 aliphatic rings. The average Bonchev–Trinajstić information content (AvgIpc) is 2.48. The number of carbonyl (C=O) groups is 2. The van der Waals surface area contributed by atoms with Crippen LogP contribution in [0.25, 0.3) is 0 Å². The van der Waals surface area contributed by atoms with E-state index >= 15 is 0 Å². The maximum Gasteiger partial charge on any atom is 0.152 e. The van der Waals surface area contributed by atoms with Crippen molar-refractivity contribution in [3.05, 3.63) is 0 Å². The molecule has 4 N–H and O–H groups in total. The van der Waals surface area contributed by atoms with E-state index in [1.807, 2.05) is 27.7 Å². The van der Waals surface area contributed by atoms with Gasteiger partial charge >= 0.3 is 0 Å². The van der Waals surface area contributed by atoms with Crippen LogP contribution in [0.5, 0.6) is 0 Å². The number of hydrogen-bond acceptors (Lipinski definition) is 4. The lowest BCUT2D eigenvalue weighted by Crippen LogP contribution is -2.40. The summed E-state index contributed by atoms with van der Waals surface area (Å²) in [6.07, 6.45) is 3.32. The quantitative estimate of drug-likeness (QED) is 0.614. The van der Waals surface area contributed by atoms with Crippen molar-refractivity contribution in [2.24, 2.45) is 35.1 Å². The first kappa shape index (κ1) is 21.3. The Morgan fingerprint density at radius 3 is 1.91 bits per heavy atom. The molecule has 0 aromatic carbocycles. The molecular formula is C18H36N2O2. The summed E-state index contributed by atoms with van der Waals surface area (Å²) in [4.78, 5) is 24.1. The Kier molecular flexibility index (Phi) is 9.77. The third-order valence-electron chi connectivity index (χ3n) is 4.75. The van der Waals surface area contributed by atoms with Crippen molar-refractivity contribution in [2.75, 3.05) is 0 Å². The Hall–Kier alpha value is -0.740. The lowest BCUT2D eigenvalue weighted by molar-refractivity contribution is -0.125. The van der Waals surface area contributed by atoms with Gasteiger partial charge in [-0.15, -0.1) is 0 Å². The Morgan fingerprint density at radius 1 is 0.909 bits per heavy atom. The minimum Gasteiger partial charge on any atom is -0.321 e. The fourth-order valence-electron chi connectivity index (χ4n) is 2.64. The van der Waals surface area contributed by atoms with Gasteiger partial charge in [0.2, 0.25) is 0 Å². The smallest absolute Gasteiger partial charge is 0.152 e. The van der Waals surface area contributed by atoms with Crippen molar-refractivity contribution >= 4 is 11.6 Å². The maximum atomic E-state index is 12.3. The molecule has 0 aromatic heterocycles. The monoisotopic (exact) mass is 312 g/mol. The summed E-state index contributed by atoms with van der Waals surface area (Å²) in [7, 11) is 0. The molecule has 3 unspecified atom stereocenters. The second-order valence-electron chi connectivity index (χ2n) is 7.30. The van der Waals surface area contributed by atoms with Crippen LogP contribution in [0.2, 0.25) is 0 Å². The number of hydrogen-bond donors (Lipinski definition) is 2. The number of rotatable bonds is 11. The molecule has 0 aliphatic carbocycles. The predicted molar refractivity (Wildman–Crippen MR) is 92.4 cm³/mol. The van der Waals surface area contributed by atoms with Gasteiger partial charge in [0, 0.05) is 11.8 Å². The maximum absolute atomic E-state index is 12.3. The Morgan fingerprint density at radius 2 is 1.45 bits per heavy atom. The van der Waals surface area contributed by atoms with Crippen LogP contribution >= 0.6 is 0 Å². The van der Waals surface area contributed by atoms with E-state index in [2.05, 4.69) is 13.8 Å². The minimum atomic E-state index is -0.386. The lowest BCUT2D eigenvalue weighted by Gasteiger charge is -2.23. The Labute approximate surface area is 136 Å². The van der Waals surface area contributed by atoms with Crippen LogP contribution in [0.15, 0.2) is 0 Å². The second-order valence-corrected chi connectivity index (χ2v) is 7.30. The number of ketones is 2. The highest BCUT2D eigenvalue weighted by Crippen LogP contribution is 2.20. The van der Waals surface area contributed by atoms with Gasteiger partial charge in [-0.25, -0.2) is 0 Å². The van der Waals surface area contributed by atoms with Crippen molar-refractivity contribution in [2.45, 2.75) is 79.3 Å². The van der Waals surface area contributed by atoms with E-state index in [4.69, 9.17) is 11.5 Å². The molecule has 130 valence electrons. The standard InChI is InChI=1S/C18H36N2O2/c1-7-13(5)16(20)18(22)14(6)9-8-12(4)10-15(19)17(21)11(2)3/h11-16H,7-10,19-20H2,1-6H3/t12?,13?,14?,15-,16-/m0/s1. The first-order chi connectivity index (χ1) is 10.1. The molecule has 0 saturated heterocycles. The fraction of sp³-hybridized carbons (Fsp3) is 0.889. The van der Waals surface area contributed by atoms with Crippen molar-refractivity contribution in [1.82, 2.24) is 0 Å². The molecule has 0 saturated carbocycles. The summed E-state index contributed by atoms with van der Waals surface area (Å²) >= 11 is 0. The highest BCUT2D eigenvalue weighted by molar-refractivity contribution is 5.86. The summed E-state index contributed by atoms with van der Waals surface area (Å²) in [5.74, 6) is 0.802. The van der Waals surface area contributed by atoms with Crippen molar-refractivity contribution in [1.29, 1.82) is 0 Å². The SMILES string of the molecule is CCC(C)[C@H](N)C(=O)C(C)CCC(C)C[C@H](N)C(=O)C(C)C. The van der Waals surface area contributed by atoms with Gasteiger partial charge < -0.3 is 11.5 Å². The first-order valence-electron chi connectivity index (χ1n) is 8.70. The zero-order valence-corrected chi connectivity index (χ0v) is 15.3. The Bertz CT molecular complexity index is 355. The van der Waals surface area contributed by atoms with Gasteiger partial charge in [-0.05, 0) is 31.1 Å². The van der Waals surface area contributed by atoms with E-state index in [9.17, 15) is 9.59 Å². The van der Waals surface area contributed by atoms with Crippen molar-refractivity contribution in [3.63, 3.8) is 0 Å². The normalized spacial score (nSPS) is 18.6. The molecule has 5 atom stereocenters. The average molecular weight is 312 g/mol.